The van der Waals surface area contributed by atoms with Crippen molar-refractivity contribution in [3.05, 3.63) is 28.8 Å². The highest BCUT2D eigenvalue weighted by Gasteiger charge is 2.12. The SMILES string of the molecule is Nc1cncnc1N.Nc1ncc([N+](=O)[O-])c(N)n1. The monoisotopic (exact) mass is 265 g/mol. The maximum atomic E-state index is 10.1. The molecule has 11 nitrogen and oxygen atoms in total. The molecule has 100 valence electrons. The van der Waals surface area contributed by atoms with E-state index >= 15 is 0 Å². The predicted octanol–water partition coefficient (Wildman–Crippen LogP) is -0.810. The minimum Gasteiger partial charge on any atom is -0.394 e. The fourth-order valence-corrected chi connectivity index (χ4v) is 0.893. The van der Waals surface area contributed by atoms with Crippen molar-refractivity contribution >= 4 is 29.0 Å². The molecule has 11 heteroatoms. The summed E-state index contributed by atoms with van der Waals surface area (Å²) in [5.41, 5.74) is 20.9. The smallest absolute Gasteiger partial charge is 0.329 e. The van der Waals surface area contributed by atoms with Gasteiger partial charge >= 0.3 is 5.69 Å². The van der Waals surface area contributed by atoms with E-state index in [9.17, 15) is 10.1 Å². The van der Waals surface area contributed by atoms with Crippen LogP contribution >= 0.6 is 0 Å². The molecule has 0 aliphatic heterocycles. The molecule has 0 aliphatic carbocycles. The third-order valence-electron chi connectivity index (χ3n) is 1.79. The van der Waals surface area contributed by atoms with Crippen LogP contribution in [0.2, 0.25) is 0 Å². The second kappa shape index (κ2) is 5.90. The number of nitrogens with zero attached hydrogens (tertiary/aromatic N) is 5. The van der Waals surface area contributed by atoms with Crippen molar-refractivity contribution in [3.63, 3.8) is 0 Å². The number of nitrogen functional groups attached to an aromatic ring is 4. The summed E-state index contributed by atoms with van der Waals surface area (Å²) in [7, 11) is 0. The Morgan fingerprint density at radius 1 is 1.05 bits per heavy atom. The van der Waals surface area contributed by atoms with Crippen molar-refractivity contribution in [1.82, 2.24) is 19.9 Å². The van der Waals surface area contributed by atoms with Crippen molar-refractivity contribution in [3.8, 4) is 0 Å². The van der Waals surface area contributed by atoms with Crippen LogP contribution in [0.25, 0.3) is 0 Å². The standard InChI is InChI=1S/C4H5N5O2.C4H6N4/c5-3-2(9(10)11)1-7-4(6)8-3;5-3-1-7-2-8-4(3)6/h1H,(H4,5,6,7,8);1-2H,5H2,(H2,6,7,8). The van der Waals surface area contributed by atoms with Crippen LogP contribution in [0.15, 0.2) is 18.7 Å². The van der Waals surface area contributed by atoms with E-state index in [1.165, 1.54) is 12.5 Å². The number of hydrogen-bond acceptors (Lipinski definition) is 10. The van der Waals surface area contributed by atoms with Gasteiger partial charge in [-0.15, -0.1) is 0 Å². The van der Waals surface area contributed by atoms with Crippen LogP contribution in [0.5, 0.6) is 0 Å². The zero-order valence-electron chi connectivity index (χ0n) is 9.59. The van der Waals surface area contributed by atoms with Gasteiger partial charge < -0.3 is 22.9 Å². The van der Waals surface area contributed by atoms with Crippen LogP contribution in [0.3, 0.4) is 0 Å². The lowest BCUT2D eigenvalue weighted by atomic mass is 10.5. The van der Waals surface area contributed by atoms with Crippen LogP contribution < -0.4 is 22.9 Å². The third-order valence-corrected chi connectivity index (χ3v) is 1.79. The molecule has 0 unspecified atom stereocenters. The minimum absolute atomic E-state index is 0.0758. The molecule has 0 fully saturated rings. The molecule has 0 spiro atoms. The second-order valence-electron chi connectivity index (χ2n) is 3.12. The summed E-state index contributed by atoms with van der Waals surface area (Å²) >= 11 is 0. The maximum absolute atomic E-state index is 10.1. The number of rotatable bonds is 1. The van der Waals surface area contributed by atoms with E-state index in [4.69, 9.17) is 22.9 Å². The molecule has 0 saturated heterocycles. The molecule has 2 heterocycles. The zero-order chi connectivity index (χ0) is 14.4. The molecule has 0 bridgehead atoms. The number of aromatic nitrogens is 4. The Morgan fingerprint density at radius 3 is 2.16 bits per heavy atom. The largest absolute Gasteiger partial charge is 0.394 e. The number of hydrogen-bond donors (Lipinski definition) is 4. The van der Waals surface area contributed by atoms with Crippen LogP contribution in [0.4, 0.5) is 29.0 Å². The average Bonchev–Trinajstić information content (AvgIpc) is 2.33. The van der Waals surface area contributed by atoms with Gasteiger partial charge in [-0.25, -0.2) is 15.0 Å². The summed E-state index contributed by atoms with van der Waals surface area (Å²) in [6.07, 6.45) is 3.78. The van der Waals surface area contributed by atoms with Crippen LogP contribution in [0, 0.1) is 10.1 Å². The van der Waals surface area contributed by atoms with Gasteiger partial charge in [-0.05, 0) is 0 Å². The van der Waals surface area contributed by atoms with Gasteiger partial charge in [0.15, 0.2) is 0 Å². The molecule has 0 aliphatic rings. The molecular weight excluding hydrogens is 254 g/mol. The number of anilines is 4. The lowest BCUT2D eigenvalue weighted by Crippen LogP contribution is -2.02. The van der Waals surface area contributed by atoms with Gasteiger partial charge in [0.05, 0.1) is 16.8 Å². The van der Waals surface area contributed by atoms with Gasteiger partial charge in [-0.2, -0.15) is 4.98 Å². The van der Waals surface area contributed by atoms with Gasteiger partial charge in [0.1, 0.15) is 18.3 Å². The van der Waals surface area contributed by atoms with Crippen LogP contribution in [-0.4, -0.2) is 24.9 Å². The lowest BCUT2D eigenvalue weighted by molar-refractivity contribution is -0.384. The van der Waals surface area contributed by atoms with Gasteiger partial charge in [-0.3, -0.25) is 10.1 Å². The van der Waals surface area contributed by atoms with E-state index in [-0.39, 0.29) is 17.5 Å². The molecule has 0 atom stereocenters. The Labute approximate surface area is 106 Å². The van der Waals surface area contributed by atoms with E-state index in [1.807, 2.05) is 0 Å². The predicted molar refractivity (Wildman–Crippen MR) is 68.4 cm³/mol. The van der Waals surface area contributed by atoms with E-state index in [2.05, 4.69) is 19.9 Å². The van der Waals surface area contributed by atoms with Crippen molar-refractivity contribution in [2.24, 2.45) is 0 Å². The summed E-state index contributed by atoms with van der Waals surface area (Å²) in [6.45, 7) is 0. The third kappa shape index (κ3) is 3.92. The highest BCUT2D eigenvalue weighted by molar-refractivity contribution is 5.55. The molecule has 0 amide bonds. The zero-order valence-corrected chi connectivity index (χ0v) is 9.59. The Bertz CT molecular complexity index is 567. The van der Waals surface area contributed by atoms with Gasteiger partial charge in [0, 0.05) is 0 Å². The Balaban J connectivity index is 0.000000200. The first-order chi connectivity index (χ1) is 8.91. The summed E-state index contributed by atoms with van der Waals surface area (Å²) < 4.78 is 0. The van der Waals surface area contributed by atoms with Gasteiger partial charge in [0.2, 0.25) is 11.8 Å². The first-order valence-corrected chi connectivity index (χ1v) is 4.75. The molecule has 8 N–H and O–H groups in total. The fraction of sp³-hybridized carbons (Fsp3) is 0. The summed E-state index contributed by atoms with van der Waals surface area (Å²) in [6, 6.07) is 0. The van der Waals surface area contributed by atoms with Gasteiger partial charge in [-0.1, -0.05) is 0 Å². The molecule has 0 saturated carbocycles. The fourth-order valence-electron chi connectivity index (χ4n) is 0.893. The first kappa shape index (κ1) is 13.8. The van der Waals surface area contributed by atoms with Crippen molar-refractivity contribution in [2.75, 3.05) is 22.9 Å². The summed E-state index contributed by atoms with van der Waals surface area (Å²) in [4.78, 5) is 23.5. The highest BCUT2D eigenvalue weighted by Crippen LogP contribution is 2.16. The molecule has 2 aromatic heterocycles. The minimum atomic E-state index is -0.672. The number of nitrogens with two attached hydrogens (primary N) is 4. The highest BCUT2D eigenvalue weighted by atomic mass is 16.6. The summed E-state index contributed by atoms with van der Waals surface area (Å²) in [5.74, 6) is 0.0376. The Kier molecular flexibility index (Phi) is 4.29. The Hall–Kier alpha value is -3.24. The second-order valence-corrected chi connectivity index (χ2v) is 3.12. The molecule has 0 aromatic carbocycles. The molecule has 19 heavy (non-hydrogen) atoms. The Morgan fingerprint density at radius 2 is 1.74 bits per heavy atom. The number of nitro groups is 1. The van der Waals surface area contributed by atoms with Gasteiger partial charge in [0.25, 0.3) is 0 Å². The van der Waals surface area contributed by atoms with Crippen LogP contribution in [0.1, 0.15) is 0 Å². The summed E-state index contributed by atoms with van der Waals surface area (Å²) in [5, 5.41) is 10.1. The van der Waals surface area contributed by atoms with E-state index in [0.29, 0.717) is 11.5 Å². The first-order valence-electron chi connectivity index (χ1n) is 4.75. The van der Waals surface area contributed by atoms with E-state index in [0.717, 1.165) is 6.20 Å². The topological polar surface area (TPSA) is 199 Å². The quantitative estimate of drug-likeness (QED) is 0.373. The van der Waals surface area contributed by atoms with Crippen molar-refractivity contribution in [1.29, 1.82) is 0 Å². The average molecular weight is 265 g/mol. The van der Waals surface area contributed by atoms with Crippen molar-refractivity contribution < 1.29 is 4.92 Å². The van der Waals surface area contributed by atoms with E-state index < -0.39 is 4.92 Å². The molecule has 2 rings (SSSR count). The molecule has 2 aromatic rings. The van der Waals surface area contributed by atoms with Crippen molar-refractivity contribution in [2.45, 2.75) is 0 Å². The van der Waals surface area contributed by atoms with Crippen LogP contribution in [-0.2, 0) is 0 Å². The van der Waals surface area contributed by atoms with E-state index in [1.54, 1.807) is 0 Å². The molecule has 0 radical (unpaired) electrons. The molecular formula is C8H11N9O2. The maximum Gasteiger partial charge on any atom is 0.329 e. The lowest BCUT2D eigenvalue weighted by Gasteiger charge is -1.94. The normalized spacial score (nSPS) is 9.26.